The maximum absolute atomic E-state index is 13.1. The number of nitrogens with zero attached hydrogens (tertiary/aromatic N) is 3. The van der Waals surface area contributed by atoms with Gasteiger partial charge in [-0.05, 0) is 62.9 Å². The summed E-state index contributed by atoms with van der Waals surface area (Å²) in [6.07, 6.45) is 3.23. The molecule has 3 amide bonds. The summed E-state index contributed by atoms with van der Waals surface area (Å²) in [6, 6.07) is 15.3. The Balaban J connectivity index is 1.32. The molecule has 1 aliphatic carbocycles. The molecular formula is C27H29N5O4. The molecule has 0 bridgehead atoms. The van der Waals surface area contributed by atoms with Crippen LogP contribution in [0.2, 0.25) is 0 Å². The van der Waals surface area contributed by atoms with Crippen molar-refractivity contribution in [1.29, 1.82) is 0 Å². The lowest BCUT2D eigenvalue weighted by molar-refractivity contribution is -0.137. The fourth-order valence-electron chi connectivity index (χ4n) is 4.73. The van der Waals surface area contributed by atoms with E-state index in [1.807, 2.05) is 30.3 Å². The number of nitrogens with one attached hydrogen (secondary N) is 2. The minimum Gasteiger partial charge on any atom is -0.330 e. The Morgan fingerprint density at radius 1 is 0.944 bits per heavy atom. The Morgan fingerprint density at radius 3 is 2.42 bits per heavy atom. The number of amides is 3. The van der Waals surface area contributed by atoms with Gasteiger partial charge >= 0.3 is 0 Å². The molecule has 3 aromatic rings. The summed E-state index contributed by atoms with van der Waals surface area (Å²) in [5.74, 6) is -0.564. The van der Waals surface area contributed by atoms with Crippen LogP contribution in [0.25, 0.3) is 5.69 Å². The van der Waals surface area contributed by atoms with Crippen molar-refractivity contribution in [3.05, 3.63) is 76.2 Å². The fraction of sp³-hybridized carbons (Fsp3) is 0.333. The van der Waals surface area contributed by atoms with Gasteiger partial charge in [0.25, 0.3) is 11.5 Å². The maximum atomic E-state index is 13.1. The van der Waals surface area contributed by atoms with E-state index in [1.165, 1.54) is 4.68 Å². The number of hydrogen-bond donors (Lipinski definition) is 2. The molecule has 186 valence electrons. The van der Waals surface area contributed by atoms with Gasteiger partial charge in [-0.3, -0.25) is 23.9 Å². The molecule has 2 heterocycles. The average Bonchev–Trinajstić information content (AvgIpc) is 3.58. The molecule has 9 heteroatoms. The number of anilines is 2. The first-order valence-electron chi connectivity index (χ1n) is 12.2. The highest BCUT2D eigenvalue weighted by molar-refractivity contribution is 6.06. The number of carbonyl (C=O) groups is 3. The number of benzene rings is 2. The third-order valence-electron chi connectivity index (χ3n) is 6.95. The Morgan fingerprint density at radius 2 is 1.69 bits per heavy atom. The van der Waals surface area contributed by atoms with Crippen molar-refractivity contribution in [1.82, 2.24) is 14.3 Å². The van der Waals surface area contributed by atoms with Crippen LogP contribution >= 0.6 is 0 Å². The van der Waals surface area contributed by atoms with Gasteiger partial charge < -0.3 is 15.5 Å². The van der Waals surface area contributed by atoms with E-state index < -0.39 is 11.9 Å². The summed E-state index contributed by atoms with van der Waals surface area (Å²) in [5.41, 5.74) is 1.94. The van der Waals surface area contributed by atoms with Crippen molar-refractivity contribution in [2.45, 2.75) is 38.6 Å². The highest BCUT2D eigenvalue weighted by Gasteiger charge is 2.40. The van der Waals surface area contributed by atoms with Crippen molar-refractivity contribution in [2.24, 2.45) is 13.0 Å². The van der Waals surface area contributed by atoms with Crippen LogP contribution in [0.1, 0.15) is 41.7 Å². The molecule has 2 fully saturated rings. The molecule has 1 saturated carbocycles. The molecule has 2 N–H and O–H groups in total. The van der Waals surface area contributed by atoms with Gasteiger partial charge in [-0.15, -0.1) is 0 Å². The summed E-state index contributed by atoms with van der Waals surface area (Å²) < 4.78 is 3.19. The molecule has 1 atom stereocenters. The van der Waals surface area contributed by atoms with Gasteiger partial charge in [0, 0.05) is 30.8 Å². The van der Waals surface area contributed by atoms with Gasteiger partial charge in [-0.2, -0.15) is 0 Å². The number of rotatable bonds is 6. The van der Waals surface area contributed by atoms with Crippen LogP contribution in [0.5, 0.6) is 0 Å². The van der Waals surface area contributed by atoms with E-state index in [9.17, 15) is 19.2 Å². The van der Waals surface area contributed by atoms with Crippen molar-refractivity contribution in [3.8, 4) is 5.69 Å². The van der Waals surface area contributed by atoms with Crippen molar-refractivity contribution < 1.29 is 14.4 Å². The number of carbonyl (C=O) groups excluding carboxylic acids is 3. The van der Waals surface area contributed by atoms with Crippen LogP contribution < -0.4 is 16.2 Å². The van der Waals surface area contributed by atoms with E-state index in [0.717, 1.165) is 19.3 Å². The largest absolute Gasteiger partial charge is 0.330 e. The highest BCUT2D eigenvalue weighted by Crippen LogP contribution is 2.34. The first kappa shape index (κ1) is 23.6. The summed E-state index contributed by atoms with van der Waals surface area (Å²) in [4.78, 5) is 53.4. The Bertz CT molecular complexity index is 1390. The smallest absolute Gasteiger partial charge is 0.295 e. The van der Waals surface area contributed by atoms with Gasteiger partial charge in [0.2, 0.25) is 11.8 Å². The van der Waals surface area contributed by atoms with E-state index in [2.05, 4.69) is 10.6 Å². The average molecular weight is 488 g/mol. The van der Waals surface area contributed by atoms with Gasteiger partial charge in [0.15, 0.2) is 0 Å². The lowest BCUT2D eigenvalue weighted by Gasteiger charge is -2.24. The van der Waals surface area contributed by atoms with Gasteiger partial charge in [0.05, 0.1) is 11.4 Å². The van der Waals surface area contributed by atoms with Gasteiger partial charge in [-0.25, -0.2) is 4.68 Å². The molecular weight excluding hydrogens is 458 g/mol. The SMILES string of the molecule is Cc1c(NC(=O)c2cccc(NC(=O)C3CCCN3C(=O)C3CC3)c2)c(=O)n(-c2ccccc2)n1C. The molecule has 1 unspecified atom stereocenters. The monoisotopic (exact) mass is 487 g/mol. The molecule has 1 aromatic heterocycles. The van der Waals surface area contributed by atoms with Crippen molar-refractivity contribution in [3.63, 3.8) is 0 Å². The minimum atomic E-state index is -0.487. The van der Waals surface area contributed by atoms with Gasteiger partial charge in [0.1, 0.15) is 11.7 Å². The molecule has 2 aromatic carbocycles. The predicted molar refractivity (Wildman–Crippen MR) is 136 cm³/mol. The number of likely N-dealkylation sites (tertiary alicyclic amines) is 1. The zero-order valence-electron chi connectivity index (χ0n) is 20.4. The van der Waals surface area contributed by atoms with E-state index in [1.54, 1.807) is 47.8 Å². The Hall–Kier alpha value is -4.14. The quantitative estimate of drug-likeness (QED) is 0.557. The molecule has 0 spiro atoms. The van der Waals surface area contributed by atoms with E-state index >= 15 is 0 Å². The second kappa shape index (κ2) is 9.49. The van der Waals surface area contributed by atoms with Crippen LogP contribution in [-0.4, -0.2) is 44.6 Å². The van der Waals surface area contributed by atoms with Crippen LogP contribution in [0.3, 0.4) is 0 Å². The second-order valence-electron chi connectivity index (χ2n) is 9.42. The lowest BCUT2D eigenvalue weighted by Crippen LogP contribution is -2.43. The number of aromatic nitrogens is 2. The molecule has 2 aliphatic rings. The summed E-state index contributed by atoms with van der Waals surface area (Å²) >= 11 is 0. The molecule has 0 radical (unpaired) electrons. The number of hydrogen-bond acceptors (Lipinski definition) is 4. The topological polar surface area (TPSA) is 105 Å². The predicted octanol–water partition coefficient (Wildman–Crippen LogP) is 3.08. The molecule has 5 rings (SSSR count). The van der Waals surface area contributed by atoms with Crippen LogP contribution in [0, 0.1) is 12.8 Å². The normalized spacial score (nSPS) is 17.2. The summed E-state index contributed by atoms with van der Waals surface area (Å²) in [6.45, 7) is 2.37. The van der Waals surface area contributed by atoms with Crippen LogP contribution in [0.15, 0.2) is 59.4 Å². The van der Waals surface area contributed by atoms with Crippen molar-refractivity contribution >= 4 is 29.1 Å². The molecule has 1 saturated heterocycles. The minimum absolute atomic E-state index is 0.0679. The molecule has 36 heavy (non-hydrogen) atoms. The fourth-order valence-corrected chi connectivity index (χ4v) is 4.73. The first-order chi connectivity index (χ1) is 17.3. The Kier molecular flexibility index (Phi) is 6.22. The zero-order valence-corrected chi connectivity index (χ0v) is 20.4. The Labute approximate surface area is 208 Å². The molecule has 9 nitrogen and oxygen atoms in total. The van der Waals surface area contributed by atoms with Crippen LogP contribution in [-0.2, 0) is 16.6 Å². The standard InChI is InChI=1S/C27H29N5O4/c1-17-23(27(36)32(30(17)2)21-10-4-3-5-11-21)29-24(33)19-8-6-9-20(16-19)28-25(34)22-12-7-15-31(22)26(35)18-13-14-18/h3-6,8-11,16,18,22H,7,12-15H2,1-2H3,(H,28,34)(H,29,33). The van der Waals surface area contributed by atoms with E-state index in [0.29, 0.717) is 35.6 Å². The first-order valence-corrected chi connectivity index (χ1v) is 12.2. The molecule has 1 aliphatic heterocycles. The highest BCUT2D eigenvalue weighted by atomic mass is 16.2. The third-order valence-corrected chi connectivity index (χ3v) is 6.95. The van der Waals surface area contributed by atoms with Gasteiger partial charge in [-0.1, -0.05) is 24.3 Å². The second-order valence-corrected chi connectivity index (χ2v) is 9.42. The lowest BCUT2D eigenvalue weighted by atomic mass is 10.1. The number of para-hydroxylation sites is 1. The maximum Gasteiger partial charge on any atom is 0.295 e. The van der Waals surface area contributed by atoms with E-state index in [-0.39, 0.29) is 29.0 Å². The van der Waals surface area contributed by atoms with Crippen molar-refractivity contribution in [2.75, 3.05) is 17.2 Å². The van der Waals surface area contributed by atoms with E-state index in [4.69, 9.17) is 0 Å². The van der Waals surface area contributed by atoms with Crippen LogP contribution in [0.4, 0.5) is 11.4 Å². The third kappa shape index (κ3) is 4.44. The zero-order chi connectivity index (χ0) is 25.4. The summed E-state index contributed by atoms with van der Waals surface area (Å²) in [7, 11) is 1.76. The summed E-state index contributed by atoms with van der Waals surface area (Å²) in [5, 5.41) is 5.61.